The molecule has 0 aliphatic rings. The second-order valence-electron chi connectivity index (χ2n) is 8.26. The second-order valence-corrected chi connectivity index (χ2v) is 11.6. The second kappa shape index (κ2) is 12.4. The van der Waals surface area contributed by atoms with Crippen LogP contribution in [0.15, 0.2) is 57.2 Å². The molecule has 8 heteroatoms. The van der Waals surface area contributed by atoms with Crippen LogP contribution in [0.5, 0.6) is 0 Å². The Morgan fingerprint density at radius 1 is 0.719 bits per heavy atom. The first kappa shape index (κ1) is 26.4. The summed E-state index contributed by atoms with van der Waals surface area (Å²) in [5.41, 5.74) is 6.75. The Balaban J connectivity index is 2.03. The van der Waals surface area contributed by atoms with Gasteiger partial charge in [-0.2, -0.15) is 8.42 Å². The van der Waals surface area contributed by atoms with Gasteiger partial charge in [-0.1, -0.05) is 70.8 Å². The molecule has 0 atom stereocenters. The van der Waals surface area contributed by atoms with Crippen LogP contribution in [0.4, 0.5) is 5.69 Å². The van der Waals surface area contributed by atoms with E-state index >= 15 is 0 Å². The molecule has 0 saturated heterocycles. The van der Waals surface area contributed by atoms with Gasteiger partial charge in [-0.3, -0.25) is 4.55 Å². The molecule has 2 aromatic rings. The Morgan fingerprint density at radius 2 is 1.25 bits per heavy atom. The van der Waals surface area contributed by atoms with Gasteiger partial charge >= 0.3 is 0 Å². The number of unbranched alkanes of at least 4 members (excludes halogenated alkanes) is 9. The highest BCUT2D eigenvalue weighted by atomic mass is 32.2. The molecule has 0 fully saturated rings. The average molecular weight is 482 g/mol. The van der Waals surface area contributed by atoms with Crippen LogP contribution < -0.4 is 5.73 Å². The van der Waals surface area contributed by atoms with E-state index in [4.69, 9.17) is 5.73 Å². The summed E-state index contributed by atoms with van der Waals surface area (Å²) in [7, 11) is -8.84. The third-order valence-corrected chi connectivity index (χ3v) is 8.44. The molecule has 0 unspecified atom stereocenters. The van der Waals surface area contributed by atoms with Gasteiger partial charge in [0.15, 0.2) is 0 Å². The lowest BCUT2D eigenvalue weighted by Crippen LogP contribution is -2.10. The van der Waals surface area contributed by atoms with Crippen molar-refractivity contribution in [2.24, 2.45) is 0 Å². The maximum atomic E-state index is 13.1. The summed E-state index contributed by atoms with van der Waals surface area (Å²) >= 11 is 0. The van der Waals surface area contributed by atoms with Crippen LogP contribution in [-0.2, 0) is 26.4 Å². The number of nitrogen functional groups attached to an aromatic ring is 1. The Kier molecular flexibility index (Phi) is 10.2. The van der Waals surface area contributed by atoms with Crippen molar-refractivity contribution in [1.82, 2.24) is 0 Å². The van der Waals surface area contributed by atoms with Crippen molar-refractivity contribution in [2.45, 2.75) is 92.2 Å². The van der Waals surface area contributed by atoms with E-state index < -0.39 is 29.7 Å². The molecule has 0 aliphatic heterocycles. The number of rotatable bonds is 14. The third-order valence-electron chi connectivity index (χ3n) is 5.58. The minimum absolute atomic E-state index is 0.0762. The summed E-state index contributed by atoms with van der Waals surface area (Å²) in [4.78, 5) is -1.09. The molecule has 0 heterocycles. The van der Waals surface area contributed by atoms with Crippen LogP contribution in [0, 0.1) is 0 Å². The van der Waals surface area contributed by atoms with Gasteiger partial charge in [0.05, 0.1) is 9.79 Å². The fraction of sp³-hybridized carbons (Fsp3) is 0.500. The molecule has 0 bridgehead atoms. The molecule has 2 rings (SSSR count). The Morgan fingerprint density at radius 3 is 1.78 bits per heavy atom. The minimum Gasteiger partial charge on any atom is -0.399 e. The molecule has 0 radical (unpaired) electrons. The predicted molar refractivity (Wildman–Crippen MR) is 128 cm³/mol. The highest BCUT2D eigenvalue weighted by molar-refractivity contribution is 7.92. The smallest absolute Gasteiger partial charge is 0.295 e. The molecular weight excluding hydrogens is 446 g/mol. The van der Waals surface area contributed by atoms with Crippen LogP contribution in [0.2, 0.25) is 0 Å². The first-order valence-corrected chi connectivity index (χ1v) is 14.3. The van der Waals surface area contributed by atoms with Gasteiger partial charge in [-0.05, 0) is 54.8 Å². The fourth-order valence-electron chi connectivity index (χ4n) is 3.72. The highest BCUT2D eigenvalue weighted by Crippen LogP contribution is 2.29. The quantitative estimate of drug-likeness (QED) is 0.200. The van der Waals surface area contributed by atoms with Crippen molar-refractivity contribution in [3.63, 3.8) is 0 Å². The molecule has 0 aromatic heterocycles. The molecule has 0 saturated carbocycles. The third kappa shape index (κ3) is 7.90. The number of anilines is 1. The van der Waals surface area contributed by atoms with E-state index in [-0.39, 0.29) is 4.90 Å². The van der Waals surface area contributed by atoms with Crippen LogP contribution in [-0.4, -0.2) is 21.4 Å². The number of hydrogen-bond acceptors (Lipinski definition) is 5. The SMILES string of the molecule is CCCCCCCCCCCCc1ccc(S(=O)(=O)O)c(S(=O)(=O)c2ccc(N)cc2)c1. The van der Waals surface area contributed by atoms with Gasteiger partial charge in [0.25, 0.3) is 10.1 Å². The molecule has 6 nitrogen and oxygen atoms in total. The zero-order valence-electron chi connectivity index (χ0n) is 18.8. The lowest BCUT2D eigenvalue weighted by Gasteiger charge is -2.11. The molecule has 2 aromatic carbocycles. The van der Waals surface area contributed by atoms with Gasteiger partial charge in [0.1, 0.15) is 4.90 Å². The maximum Gasteiger partial charge on any atom is 0.295 e. The molecule has 0 amide bonds. The van der Waals surface area contributed by atoms with Gasteiger partial charge in [0.2, 0.25) is 9.84 Å². The summed E-state index contributed by atoms with van der Waals surface area (Å²) in [6.45, 7) is 2.21. The highest BCUT2D eigenvalue weighted by Gasteiger charge is 2.27. The number of aryl methyl sites for hydroxylation is 1. The van der Waals surface area contributed by atoms with E-state index in [1.165, 1.54) is 81.3 Å². The normalized spacial score (nSPS) is 12.2. The van der Waals surface area contributed by atoms with Crippen molar-refractivity contribution in [2.75, 3.05) is 5.73 Å². The summed E-state index contributed by atoms with van der Waals surface area (Å²) in [5, 5.41) is 0. The Bertz CT molecular complexity index is 1060. The number of nitrogens with two attached hydrogens (primary N) is 1. The van der Waals surface area contributed by atoms with Crippen molar-refractivity contribution in [3.05, 3.63) is 48.0 Å². The van der Waals surface area contributed by atoms with Crippen LogP contribution in [0.25, 0.3) is 0 Å². The Hall–Kier alpha value is -1.90. The van der Waals surface area contributed by atoms with E-state index in [0.717, 1.165) is 24.8 Å². The first-order chi connectivity index (χ1) is 15.2. The topological polar surface area (TPSA) is 115 Å². The maximum absolute atomic E-state index is 13.1. The minimum atomic E-state index is -4.70. The summed E-state index contributed by atoms with van der Waals surface area (Å²) in [6.07, 6.45) is 12.6. The van der Waals surface area contributed by atoms with E-state index in [1.807, 2.05) is 0 Å². The van der Waals surface area contributed by atoms with Crippen molar-refractivity contribution >= 4 is 25.6 Å². The molecule has 3 N–H and O–H groups in total. The lowest BCUT2D eigenvalue weighted by atomic mass is 10.0. The standard InChI is InChI=1S/C24H35NO5S2/c1-2-3-4-5-6-7-8-9-10-11-12-20-13-18-23(32(28,29)30)24(19-20)31(26,27)22-16-14-21(25)15-17-22/h13-19H,2-12,25H2,1H3,(H,28,29,30). The van der Waals surface area contributed by atoms with E-state index in [0.29, 0.717) is 12.1 Å². The van der Waals surface area contributed by atoms with Crippen molar-refractivity contribution in [3.8, 4) is 0 Å². The molecule has 178 valence electrons. The van der Waals surface area contributed by atoms with Gasteiger partial charge < -0.3 is 5.73 Å². The number of sulfone groups is 1. The van der Waals surface area contributed by atoms with E-state index in [1.54, 1.807) is 6.07 Å². The fourth-order valence-corrected chi connectivity index (χ4v) is 6.31. The summed E-state index contributed by atoms with van der Waals surface area (Å²) in [5.74, 6) is 0. The number of hydrogen-bond donors (Lipinski definition) is 2. The van der Waals surface area contributed by atoms with E-state index in [9.17, 15) is 21.4 Å². The first-order valence-electron chi connectivity index (χ1n) is 11.4. The van der Waals surface area contributed by atoms with Crippen molar-refractivity contribution < 1.29 is 21.4 Å². The summed E-state index contributed by atoms with van der Waals surface area (Å²) in [6, 6.07) is 9.63. The van der Waals surface area contributed by atoms with Crippen LogP contribution in [0.1, 0.15) is 76.7 Å². The molecule has 0 spiro atoms. The van der Waals surface area contributed by atoms with Gasteiger partial charge in [-0.15, -0.1) is 0 Å². The van der Waals surface area contributed by atoms with Gasteiger partial charge in [0, 0.05) is 5.69 Å². The van der Waals surface area contributed by atoms with Gasteiger partial charge in [-0.25, -0.2) is 8.42 Å². The molecule has 0 aliphatic carbocycles. The van der Waals surface area contributed by atoms with E-state index in [2.05, 4.69) is 6.92 Å². The Labute approximate surface area is 192 Å². The van der Waals surface area contributed by atoms with Crippen LogP contribution >= 0.6 is 0 Å². The predicted octanol–water partition coefficient (Wildman–Crippen LogP) is 5.81. The van der Waals surface area contributed by atoms with Crippen molar-refractivity contribution in [1.29, 1.82) is 0 Å². The summed E-state index contributed by atoms with van der Waals surface area (Å²) < 4.78 is 59.4. The van der Waals surface area contributed by atoms with Crippen LogP contribution in [0.3, 0.4) is 0 Å². The molecule has 32 heavy (non-hydrogen) atoms. The lowest BCUT2D eigenvalue weighted by molar-refractivity contribution is 0.479. The molecular formula is C24H35NO5S2. The number of benzene rings is 2. The zero-order valence-corrected chi connectivity index (χ0v) is 20.4. The average Bonchev–Trinajstić information content (AvgIpc) is 2.74. The zero-order chi connectivity index (χ0) is 23.6. The largest absolute Gasteiger partial charge is 0.399 e. The monoisotopic (exact) mass is 481 g/mol.